The molecule has 218 valence electrons. The summed E-state index contributed by atoms with van der Waals surface area (Å²) >= 11 is 0. The van der Waals surface area contributed by atoms with Crippen LogP contribution in [-0.2, 0) is 80.4 Å². The van der Waals surface area contributed by atoms with Crippen LogP contribution in [0.25, 0.3) is 0 Å². The number of likely N-dealkylation sites (tertiary alicyclic amines) is 2. The monoisotopic (exact) mass is 901 g/mol. The molecule has 0 aromatic rings. The normalized spacial score (nSPS) is 39.6. The van der Waals surface area contributed by atoms with Gasteiger partial charge in [-0.3, -0.25) is 29.0 Å². The average molecular weight is 901 g/mol. The summed E-state index contributed by atoms with van der Waals surface area (Å²) in [5.41, 5.74) is -1.99. The van der Waals surface area contributed by atoms with Gasteiger partial charge in [0.05, 0.1) is 53.7 Å². The maximum Gasteiger partial charge on any atom is 0.329 e. The van der Waals surface area contributed by atoms with Crippen LogP contribution in [0, 0.1) is 29.2 Å². The molecule has 0 spiro atoms. The van der Waals surface area contributed by atoms with Crippen molar-refractivity contribution in [1.29, 1.82) is 0 Å². The van der Waals surface area contributed by atoms with E-state index in [2.05, 4.69) is 0 Å². The first-order valence-corrected chi connectivity index (χ1v) is 12.5. The van der Waals surface area contributed by atoms with E-state index >= 15 is 0 Å². The summed E-state index contributed by atoms with van der Waals surface area (Å²) in [5.74, 6) is -5.80. The number of nitrogens with zero attached hydrogens (tertiary/aromatic N) is 2. The van der Waals surface area contributed by atoms with E-state index in [1.165, 1.54) is 0 Å². The second kappa shape index (κ2) is 11.1. The number of hydrogen-bond donors (Lipinski definition) is 3. The fraction of sp³-hybridized carbons (Fsp3) is 0.680. The fourth-order valence-corrected chi connectivity index (χ4v) is 7.31. The van der Waals surface area contributed by atoms with Gasteiger partial charge in [0.25, 0.3) is 0 Å². The van der Waals surface area contributed by atoms with Gasteiger partial charge in [0.1, 0.15) is 6.04 Å². The standard InChI is InChI=1S/C14H16NO5.C11H13NO6.2W/c1-4-7(10(16)17)15-11(18)13(2)8-5-6-9(20-8)14(13,3)12(15)19;13-3-4(11(16)17)12-9(14)7-5-1-2-6(18-5)8(7)10(12)15;;/h1,4,7-9H,5-6H2,2-3H3,(H,16,17);4-8,13H,1-3H2,(H,16,17);;/q-1;;;/t7?,8?,9?,13-,14?;;;/m0.../s1. The van der Waals surface area contributed by atoms with Gasteiger partial charge in [0.2, 0.25) is 23.6 Å². The number of carbonyl (C=O) groups is 6. The Bertz CT molecular complexity index is 1100. The fourth-order valence-electron chi connectivity index (χ4n) is 7.31. The first kappa shape index (κ1) is 32.7. The number of fused-ring (bicyclic) bond motifs is 10. The molecule has 4 bridgehead atoms. The second-order valence-electron chi connectivity index (χ2n) is 11.0. The zero-order valence-corrected chi connectivity index (χ0v) is 27.5. The van der Waals surface area contributed by atoms with Gasteiger partial charge in [-0.15, -0.1) is 0 Å². The maximum atomic E-state index is 12.7. The molecule has 0 saturated carbocycles. The van der Waals surface area contributed by atoms with Gasteiger partial charge in [0.15, 0.2) is 6.04 Å². The molecule has 6 aliphatic heterocycles. The quantitative estimate of drug-likeness (QED) is 0.219. The molecule has 6 rings (SSSR count). The SMILES string of the molecule is O=C(O)C(CO)N1C(=O)C2C3CCC(O3)C2C1=O.[CH-]=CC(C(=O)O)N1C(=O)C2(C)C3CCC(O3)[C@@]2(C)C1=O.[W].[W]. The van der Waals surface area contributed by atoms with E-state index in [0.29, 0.717) is 17.7 Å². The summed E-state index contributed by atoms with van der Waals surface area (Å²) in [6.45, 7) is 7.96. The van der Waals surface area contributed by atoms with Crippen LogP contribution in [0.15, 0.2) is 6.08 Å². The number of ether oxygens (including phenoxy) is 2. The van der Waals surface area contributed by atoms with Gasteiger partial charge in [0, 0.05) is 42.1 Å². The summed E-state index contributed by atoms with van der Waals surface area (Å²) in [6.07, 6.45) is 2.57. The van der Waals surface area contributed by atoms with Crippen molar-refractivity contribution in [2.24, 2.45) is 22.7 Å². The van der Waals surface area contributed by atoms with Crippen molar-refractivity contribution in [3.8, 4) is 0 Å². The summed E-state index contributed by atoms with van der Waals surface area (Å²) in [5, 5.41) is 27.1. The predicted molar refractivity (Wildman–Crippen MR) is 121 cm³/mol. The molecule has 6 aliphatic rings. The first-order valence-electron chi connectivity index (χ1n) is 12.5. The van der Waals surface area contributed by atoms with Crippen LogP contribution in [0.4, 0.5) is 0 Å². The topological polar surface area (TPSA) is 188 Å². The Kier molecular flexibility index (Phi) is 9.11. The molecule has 9 unspecified atom stereocenters. The summed E-state index contributed by atoms with van der Waals surface area (Å²) < 4.78 is 11.3. The van der Waals surface area contributed by atoms with Crippen LogP contribution in [0.5, 0.6) is 0 Å². The molecule has 0 aromatic heterocycles. The Morgan fingerprint density at radius 3 is 1.68 bits per heavy atom. The Morgan fingerprint density at radius 1 is 0.875 bits per heavy atom. The summed E-state index contributed by atoms with van der Waals surface area (Å²) in [4.78, 5) is 73.4. The van der Waals surface area contributed by atoms with E-state index in [1.54, 1.807) is 13.8 Å². The number of carbonyl (C=O) groups excluding carboxylic acids is 4. The minimum atomic E-state index is -1.48. The number of carboxylic acids is 2. The third-order valence-electron chi connectivity index (χ3n) is 9.51. The molecule has 4 amide bonds. The molecule has 0 radical (unpaired) electrons. The molecule has 15 heteroatoms. The number of aliphatic carboxylic acids is 2. The van der Waals surface area contributed by atoms with Crippen LogP contribution in [-0.4, -0.2) is 104 Å². The summed E-state index contributed by atoms with van der Waals surface area (Å²) in [7, 11) is 0. The summed E-state index contributed by atoms with van der Waals surface area (Å²) in [6, 6.07) is -2.90. The number of amides is 4. The number of rotatable bonds is 6. The average Bonchev–Trinajstić information content (AvgIpc) is 3.70. The van der Waals surface area contributed by atoms with Gasteiger partial charge in [-0.2, -0.15) is 0 Å². The van der Waals surface area contributed by atoms with E-state index in [0.717, 1.165) is 23.8 Å². The number of aliphatic hydroxyl groups is 1. The molecule has 0 aromatic carbocycles. The Labute approximate surface area is 258 Å². The molecule has 3 N–H and O–H groups in total. The van der Waals surface area contributed by atoms with Crippen LogP contribution >= 0.6 is 0 Å². The van der Waals surface area contributed by atoms with E-state index in [1.807, 2.05) is 0 Å². The van der Waals surface area contributed by atoms with Crippen LogP contribution in [0.3, 0.4) is 0 Å². The van der Waals surface area contributed by atoms with Gasteiger partial charge < -0.3 is 31.4 Å². The second-order valence-corrected chi connectivity index (χ2v) is 11.0. The van der Waals surface area contributed by atoms with Crippen molar-refractivity contribution in [1.82, 2.24) is 9.80 Å². The van der Waals surface area contributed by atoms with E-state index in [9.17, 15) is 28.8 Å². The minimum Gasteiger partial charge on any atom is -0.515 e. The van der Waals surface area contributed by atoms with E-state index in [-0.39, 0.29) is 66.5 Å². The number of carboxylic acid groups (broad SMARTS) is 2. The van der Waals surface area contributed by atoms with Crippen molar-refractivity contribution < 1.29 is 95.7 Å². The molecule has 13 nitrogen and oxygen atoms in total. The number of aliphatic hydroxyl groups excluding tert-OH is 1. The van der Waals surface area contributed by atoms with E-state index in [4.69, 9.17) is 31.4 Å². The maximum absolute atomic E-state index is 12.7. The molecule has 6 heterocycles. The van der Waals surface area contributed by atoms with E-state index < -0.39 is 76.9 Å². The van der Waals surface area contributed by atoms with Crippen molar-refractivity contribution >= 4 is 35.6 Å². The molecule has 40 heavy (non-hydrogen) atoms. The third kappa shape index (κ3) is 4.06. The third-order valence-corrected chi connectivity index (χ3v) is 9.51. The largest absolute Gasteiger partial charge is 0.515 e. The Balaban J connectivity index is 0.000000211. The predicted octanol–water partition coefficient (Wildman–Crippen LogP) is -1.04. The zero-order valence-electron chi connectivity index (χ0n) is 21.6. The molecule has 6 fully saturated rings. The van der Waals surface area contributed by atoms with Crippen molar-refractivity contribution in [2.75, 3.05) is 6.61 Å². The van der Waals surface area contributed by atoms with Gasteiger partial charge in [-0.1, -0.05) is 0 Å². The Hall–Kier alpha value is -1.78. The van der Waals surface area contributed by atoms with Gasteiger partial charge in [-0.05, 0) is 39.5 Å². The molecule has 10 atom stereocenters. The Morgan fingerprint density at radius 2 is 1.32 bits per heavy atom. The molecular formula is C25H29N2O11W2-. The van der Waals surface area contributed by atoms with Crippen LogP contribution in [0.2, 0.25) is 0 Å². The molecule has 6 saturated heterocycles. The van der Waals surface area contributed by atoms with Crippen molar-refractivity contribution in [3.05, 3.63) is 12.7 Å². The van der Waals surface area contributed by atoms with Crippen LogP contribution in [0.1, 0.15) is 39.5 Å². The van der Waals surface area contributed by atoms with Gasteiger partial charge in [-0.25, -0.2) is 15.7 Å². The number of hydrogen-bond acceptors (Lipinski definition) is 9. The minimum absolute atomic E-state index is 0. The van der Waals surface area contributed by atoms with Crippen molar-refractivity contribution in [3.63, 3.8) is 0 Å². The first-order chi connectivity index (χ1) is 17.9. The zero-order chi connectivity index (χ0) is 27.9. The molecular weight excluding hydrogens is 872 g/mol. The number of imide groups is 2. The van der Waals surface area contributed by atoms with Gasteiger partial charge >= 0.3 is 11.9 Å². The smallest absolute Gasteiger partial charge is 0.329 e. The molecule has 0 aliphatic carbocycles. The van der Waals surface area contributed by atoms with Crippen LogP contribution < -0.4 is 0 Å². The van der Waals surface area contributed by atoms with Crippen molar-refractivity contribution in [2.45, 2.75) is 76.0 Å².